The average Bonchev–Trinajstić information content (AvgIpc) is 3.47. The quantitative estimate of drug-likeness (QED) is 0.325. The van der Waals surface area contributed by atoms with Gasteiger partial charge >= 0.3 is 12.1 Å². The molecule has 0 aliphatic carbocycles. The van der Waals surface area contributed by atoms with Gasteiger partial charge in [-0.1, -0.05) is 12.1 Å². The summed E-state index contributed by atoms with van der Waals surface area (Å²) in [6, 6.07) is 8.75. The van der Waals surface area contributed by atoms with Gasteiger partial charge in [0.25, 0.3) is 5.89 Å². The Morgan fingerprint density at radius 2 is 1.69 bits per heavy atom. The maximum Gasteiger partial charge on any atom is 0.459 e. The van der Waals surface area contributed by atoms with Crippen LogP contribution in [0.4, 0.5) is 22.0 Å². The van der Waals surface area contributed by atoms with Crippen molar-refractivity contribution in [2.75, 3.05) is 6.26 Å². The largest absolute Gasteiger partial charge is 0.459 e. The molecule has 0 N–H and O–H groups in total. The van der Waals surface area contributed by atoms with Crippen LogP contribution >= 0.6 is 0 Å². The Labute approximate surface area is 193 Å². The molecule has 0 aliphatic rings. The zero-order valence-corrected chi connectivity index (χ0v) is 18.3. The molecule has 0 radical (unpaired) electrons. The van der Waals surface area contributed by atoms with Gasteiger partial charge in [-0.3, -0.25) is 4.40 Å². The van der Waals surface area contributed by atoms with Crippen LogP contribution in [0.1, 0.15) is 5.69 Å². The number of halogens is 5. The van der Waals surface area contributed by atoms with E-state index in [0.29, 0.717) is 6.07 Å². The van der Waals surface area contributed by atoms with Crippen LogP contribution in [-0.4, -0.2) is 45.4 Å². The molecule has 0 saturated heterocycles. The van der Waals surface area contributed by atoms with Gasteiger partial charge in [-0.25, -0.2) is 18.4 Å². The standard InChI is InChI=1S/C21H12F5N5O3S/c1-35(32,33)12-4-2-11(3-5-12)14-8-16(20(22,23)21(24,25)26)29-18-13(14)6-7-17-28-15(9-31(17)18)19-30-27-10-34-19/h2-10H,1H3. The molecule has 4 aromatic heterocycles. The summed E-state index contributed by atoms with van der Waals surface area (Å²) in [5.41, 5.74) is -1.22. The van der Waals surface area contributed by atoms with E-state index in [1.807, 2.05) is 0 Å². The van der Waals surface area contributed by atoms with Crippen molar-refractivity contribution in [2.45, 2.75) is 17.0 Å². The van der Waals surface area contributed by atoms with E-state index >= 15 is 0 Å². The van der Waals surface area contributed by atoms with Gasteiger partial charge < -0.3 is 4.42 Å². The maximum absolute atomic E-state index is 14.4. The van der Waals surface area contributed by atoms with Crippen LogP contribution < -0.4 is 0 Å². The number of hydrogen-bond acceptors (Lipinski definition) is 7. The van der Waals surface area contributed by atoms with Crippen LogP contribution in [-0.2, 0) is 15.8 Å². The van der Waals surface area contributed by atoms with Gasteiger partial charge in [0, 0.05) is 17.8 Å². The van der Waals surface area contributed by atoms with E-state index in [4.69, 9.17) is 4.42 Å². The molecule has 0 amide bonds. The van der Waals surface area contributed by atoms with Gasteiger partial charge in [-0.05, 0) is 41.5 Å². The summed E-state index contributed by atoms with van der Waals surface area (Å²) in [7, 11) is -3.56. The monoisotopic (exact) mass is 509 g/mol. The Kier molecular flexibility index (Phi) is 4.91. The Morgan fingerprint density at radius 3 is 2.29 bits per heavy atom. The maximum atomic E-state index is 14.4. The molecule has 4 heterocycles. The summed E-state index contributed by atoms with van der Waals surface area (Å²) in [4.78, 5) is 7.87. The summed E-state index contributed by atoms with van der Waals surface area (Å²) in [5.74, 6) is -5.25. The number of imidazole rings is 1. The fraction of sp³-hybridized carbons (Fsp3) is 0.143. The molecule has 1 aromatic carbocycles. The molecule has 0 saturated carbocycles. The second-order valence-corrected chi connectivity index (χ2v) is 9.61. The molecular weight excluding hydrogens is 497 g/mol. The van der Waals surface area contributed by atoms with Crippen molar-refractivity contribution in [3.05, 3.63) is 60.7 Å². The fourth-order valence-electron chi connectivity index (χ4n) is 3.54. The van der Waals surface area contributed by atoms with Crippen molar-refractivity contribution < 1.29 is 34.8 Å². The Morgan fingerprint density at radius 1 is 0.971 bits per heavy atom. The number of aromatic nitrogens is 5. The summed E-state index contributed by atoms with van der Waals surface area (Å²) in [6.45, 7) is 0. The lowest BCUT2D eigenvalue weighted by atomic mass is 10.00. The normalized spacial score (nSPS) is 13.1. The SMILES string of the molecule is CS(=O)(=O)c1ccc(-c2cc(C(F)(F)C(F)(F)F)nc3c2ccc2nc(-c4nnco4)cn23)cc1. The van der Waals surface area contributed by atoms with Crippen LogP contribution in [0.2, 0.25) is 0 Å². The summed E-state index contributed by atoms with van der Waals surface area (Å²) >= 11 is 0. The zero-order chi connectivity index (χ0) is 25.2. The van der Waals surface area contributed by atoms with Crippen molar-refractivity contribution in [1.29, 1.82) is 0 Å². The molecule has 35 heavy (non-hydrogen) atoms. The summed E-state index contributed by atoms with van der Waals surface area (Å²) in [6.07, 6.45) is -2.54. The lowest BCUT2D eigenvalue weighted by Crippen LogP contribution is -2.34. The molecule has 14 heteroatoms. The predicted molar refractivity (Wildman–Crippen MR) is 112 cm³/mol. The van der Waals surface area contributed by atoms with Crippen LogP contribution in [0.3, 0.4) is 0 Å². The first-order chi connectivity index (χ1) is 16.4. The van der Waals surface area contributed by atoms with Gasteiger partial charge in [0.15, 0.2) is 9.84 Å². The first-order valence-electron chi connectivity index (χ1n) is 9.71. The van der Waals surface area contributed by atoms with E-state index in [1.54, 1.807) is 0 Å². The smallest absolute Gasteiger partial charge is 0.422 e. The zero-order valence-electron chi connectivity index (χ0n) is 17.5. The highest BCUT2D eigenvalue weighted by atomic mass is 32.2. The third-order valence-corrected chi connectivity index (χ3v) is 6.38. The van der Waals surface area contributed by atoms with Gasteiger partial charge in [-0.15, -0.1) is 10.2 Å². The number of benzene rings is 1. The Balaban J connectivity index is 1.82. The molecule has 5 rings (SSSR count). The number of fused-ring (bicyclic) bond motifs is 3. The molecule has 0 bridgehead atoms. The van der Waals surface area contributed by atoms with Crippen LogP contribution in [0.25, 0.3) is 39.4 Å². The molecule has 0 atom stereocenters. The van der Waals surface area contributed by atoms with E-state index in [2.05, 4.69) is 20.2 Å². The summed E-state index contributed by atoms with van der Waals surface area (Å²) in [5, 5.41) is 7.47. The Bertz CT molecular complexity index is 1680. The topological polar surface area (TPSA) is 103 Å². The molecular formula is C21H12F5N5O3S. The van der Waals surface area contributed by atoms with E-state index in [0.717, 1.165) is 12.6 Å². The van der Waals surface area contributed by atoms with Gasteiger partial charge in [0.1, 0.15) is 22.7 Å². The number of nitrogens with zero attached hydrogens (tertiary/aromatic N) is 5. The molecule has 8 nitrogen and oxygen atoms in total. The number of hydrogen-bond donors (Lipinski definition) is 0. The second-order valence-electron chi connectivity index (χ2n) is 7.59. The minimum Gasteiger partial charge on any atom is -0.422 e. The van der Waals surface area contributed by atoms with Crippen LogP contribution in [0.15, 0.2) is 64.4 Å². The highest BCUT2D eigenvalue weighted by Crippen LogP contribution is 2.45. The molecule has 5 aromatic rings. The van der Waals surface area contributed by atoms with Crippen LogP contribution in [0.5, 0.6) is 0 Å². The molecule has 0 spiro atoms. The van der Waals surface area contributed by atoms with Gasteiger partial charge in [0.2, 0.25) is 6.39 Å². The van der Waals surface area contributed by atoms with E-state index < -0.39 is 27.6 Å². The van der Waals surface area contributed by atoms with E-state index in [9.17, 15) is 30.4 Å². The number of rotatable bonds is 4. The second kappa shape index (κ2) is 7.53. The molecule has 0 unspecified atom stereocenters. The van der Waals surface area contributed by atoms with Crippen molar-refractivity contribution in [3.63, 3.8) is 0 Å². The first kappa shape index (κ1) is 22.8. The van der Waals surface area contributed by atoms with Gasteiger partial charge in [0.05, 0.1) is 4.90 Å². The molecule has 180 valence electrons. The van der Waals surface area contributed by atoms with E-state index in [-0.39, 0.29) is 44.3 Å². The number of pyridine rings is 2. The lowest BCUT2D eigenvalue weighted by Gasteiger charge is -2.20. The highest BCUT2D eigenvalue weighted by Gasteiger charge is 2.60. The third kappa shape index (κ3) is 3.79. The first-order valence-corrected chi connectivity index (χ1v) is 11.6. The minimum absolute atomic E-state index is 0.00946. The lowest BCUT2D eigenvalue weighted by molar-refractivity contribution is -0.290. The van der Waals surface area contributed by atoms with E-state index in [1.165, 1.54) is 47.0 Å². The number of sulfone groups is 1. The molecule has 0 fully saturated rings. The molecule has 0 aliphatic heterocycles. The Hall–Kier alpha value is -3.94. The van der Waals surface area contributed by atoms with Crippen LogP contribution in [0, 0.1) is 0 Å². The predicted octanol–water partition coefficient (Wildman–Crippen LogP) is 4.66. The summed E-state index contributed by atoms with van der Waals surface area (Å²) < 4.78 is 98.4. The number of alkyl halides is 5. The average molecular weight is 509 g/mol. The van der Waals surface area contributed by atoms with Crippen molar-refractivity contribution in [3.8, 4) is 22.7 Å². The van der Waals surface area contributed by atoms with Gasteiger partial charge in [-0.2, -0.15) is 22.0 Å². The van der Waals surface area contributed by atoms with Crippen molar-refractivity contribution in [1.82, 2.24) is 24.6 Å². The minimum atomic E-state index is -5.90. The highest BCUT2D eigenvalue weighted by molar-refractivity contribution is 7.90. The van der Waals surface area contributed by atoms with Crippen molar-refractivity contribution in [2.24, 2.45) is 0 Å². The third-order valence-electron chi connectivity index (χ3n) is 5.25. The van der Waals surface area contributed by atoms with Crippen molar-refractivity contribution >= 4 is 26.5 Å². The fourth-order valence-corrected chi connectivity index (χ4v) is 4.17.